The summed E-state index contributed by atoms with van der Waals surface area (Å²) in [6.45, 7) is 4.44. The molecule has 0 aliphatic rings. The van der Waals surface area contributed by atoms with Gasteiger partial charge in [0.25, 0.3) is 5.91 Å². The van der Waals surface area contributed by atoms with Gasteiger partial charge >= 0.3 is 0 Å². The summed E-state index contributed by atoms with van der Waals surface area (Å²) < 4.78 is 4.69. The van der Waals surface area contributed by atoms with Crippen LogP contribution in [-0.4, -0.2) is 30.7 Å². The average Bonchev–Trinajstić information content (AvgIpc) is 2.70. The normalized spacial score (nSPS) is 10.1. The number of nitrogens with one attached hydrogen (secondary N) is 2. The Morgan fingerprint density at radius 3 is 3.00 bits per heavy atom. The van der Waals surface area contributed by atoms with Crippen LogP contribution in [0.4, 0.5) is 0 Å². The molecule has 1 aromatic heterocycles. The van der Waals surface area contributed by atoms with Gasteiger partial charge in [-0.2, -0.15) is 0 Å². The van der Waals surface area contributed by atoms with Crippen LogP contribution in [0.15, 0.2) is 16.8 Å². The molecular formula is C9H15N3O2. The molecule has 0 saturated carbocycles. The van der Waals surface area contributed by atoms with Crippen molar-refractivity contribution in [2.75, 3.05) is 19.6 Å². The zero-order chi connectivity index (χ0) is 10.2. The van der Waals surface area contributed by atoms with Crippen LogP contribution in [0.25, 0.3) is 0 Å². The van der Waals surface area contributed by atoms with Crippen molar-refractivity contribution in [2.45, 2.75) is 13.3 Å². The third-order valence-electron chi connectivity index (χ3n) is 1.68. The van der Waals surface area contributed by atoms with Gasteiger partial charge in [-0.05, 0) is 13.0 Å². The Kier molecular flexibility index (Phi) is 4.71. The molecule has 5 heteroatoms. The van der Waals surface area contributed by atoms with Crippen molar-refractivity contribution in [1.29, 1.82) is 0 Å². The van der Waals surface area contributed by atoms with Gasteiger partial charge in [0, 0.05) is 19.2 Å². The van der Waals surface area contributed by atoms with E-state index in [0.29, 0.717) is 6.54 Å². The Balaban J connectivity index is 2.10. The van der Waals surface area contributed by atoms with E-state index in [4.69, 9.17) is 4.52 Å². The molecule has 0 fully saturated rings. The predicted octanol–water partition coefficient (Wildman–Crippen LogP) is 0.404. The first-order valence-electron chi connectivity index (χ1n) is 4.74. The van der Waals surface area contributed by atoms with E-state index in [9.17, 15) is 4.79 Å². The molecule has 1 aromatic rings. The summed E-state index contributed by atoms with van der Waals surface area (Å²) in [5, 5.41) is 9.33. The fraction of sp³-hybridized carbons (Fsp3) is 0.556. The van der Waals surface area contributed by atoms with E-state index in [1.165, 1.54) is 12.3 Å². The smallest absolute Gasteiger partial charge is 0.289 e. The van der Waals surface area contributed by atoms with Crippen LogP contribution in [0.1, 0.15) is 23.9 Å². The monoisotopic (exact) mass is 197 g/mol. The van der Waals surface area contributed by atoms with E-state index in [2.05, 4.69) is 22.7 Å². The topological polar surface area (TPSA) is 67.2 Å². The number of amides is 1. The van der Waals surface area contributed by atoms with Crippen molar-refractivity contribution in [3.05, 3.63) is 18.0 Å². The Morgan fingerprint density at radius 2 is 2.36 bits per heavy atom. The van der Waals surface area contributed by atoms with Gasteiger partial charge in [0.05, 0.1) is 6.20 Å². The fourth-order valence-electron chi connectivity index (χ4n) is 0.986. The quantitative estimate of drug-likeness (QED) is 0.648. The molecule has 0 unspecified atom stereocenters. The third-order valence-corrected chi connectivity index (χ3v) is 1.68. The van der Waals surface area contributed by atoms with Crippen molar-refractivity contribution < 1.29 is 9.32 Å². The standard InChI is InChI=1S/C9H15N3O2/c1-2-4-10-6-7-11-9(13)8-3-5-12-14-8/h3,5,10H,2,4,6-7H2,1H3,(H,11,13). The van der Waals surface area contributed by atoms with E-state index in [1.54, 1.807) is 0 Å². The average molecular weight is 197 g/mol. The molecule has 0 spiro atoms. The number of carbonyl (C=O) groups excluding carboxylic acids is 1. The zero-order valence-electron chi connectivity index (χ0n) is 8.25. The van der Waals surface area contributed by atoms with Crippen molar-refractivity contribution in [3.63, 3.8) is 0 Å². The maximum absolute atomic E-state index is 11.3. The first kappa shape index (κ1) is 10.7. The summed E-state index contributed by atoms with van der Waals surface area (Å²) in [5.41, 5.74) is 0. The van der Waals surface area contributed by atoms with Gasteiger partial charge < -0.3 is 15.2 Å². The van der Waals surface area contributed by atoms with E-state index >= 15 is 0 Å². The molecule has 0 saturated heterocycles. The second-order valence-electron chi connectivity index (χ2n) is 2.88. The Hall–Kier alpha value is -1.36. The molecular weight excluding hydrogens is 182 g/mol. The third kappa shape index (κ3) is 3.57. The van der Waals surface area contributed by atoms with Gasteiger partial charge in [0.1, 0.15) is 0 Å². The van der Waals surface area contributed by atoms with Crippen molar-refractivity contribution in [3.8, 4) is 0 Å². The highest BCUT2D eigenvalue weighted by Gasteiger charge is 2.07. The lowest BCUT2D eigenvalue weighted by molar-refractivity contribution is 0.0917. The highest BCUT2D eigenvalue weighted by Crippen LogP contribution is 1.94. The van der Waals surface area contributed by atoms with E-state index in [-0.39, 0.29) is 11.7 Å². The molecule has 14 heavy (non-hydrogen) atoms. The molecule has 0 atom stereocenters. The minimum Gasteiger partial charge on any atom is -0.351 e. The number of carbonyl (C=O) groups is 1. The molecule has 0 bridgehead atoms. The molecule has 2 N–H and O–H groups in total. The maximum Gasteiger partial charge on any atom is 0.289 e. The van der Waals surface area contributed by atoms with Crippen molar-refractivity contribution in [1.82, 2.24) is 15.8 Å². The number of aromatic nitrogens is 1. The minimum atomic E-state index is -0.221. The number of hydrogen-bond donors (Lipinski definition) is 2. The van der Waals surface area contributed by atoms with Crippen LogP contribution < -0.4 is 10.6 Å². The molecule has 0 aliphatic carbocycles. The van der Waals surface area contributed by atoms with Crippen molar-refractivity contribution in [2.24, 2.45) is 0 Å². The lowest BCUT2D eigenvalue weighted by Crippen LogP contribution is -2.31. The number of rotatable bonds is 6. The molecule has 1 heterocycles. The van der Waals surface area contributed by atoms with Gasteiger partial charge in [0.2, 0.25) is 5.76 Å². The highest BCUT2D eigenvalue weighted by atomic mass is 16.5. The van der Waals surface area contributed by atoms with Crippen LogP contribution in [0, 0.1) is 0 Å². The summed E-state index contributed by atoms with van der Waals surface area (Å²) in [6, 6.07) is 1.54. The maximum atomic E-state index is 11.3. The van der Waals surface area contributed by atoms with E-state index in [1.807, 2.05) is 0 Å². The molecule has 1 amide bonds. The van der Waals surface area contributed by atoms with Gasteiger partial charge in [-0.3, -0.25) is 4.79 Å². The lowest BCUT2D eigenvalue weighted by atomic mass is 10.4. The molecule has 1 rings (SSSR count). The first-order valence-corrected chi connectivity index (χ1v) is 4.74. The summed E-state index contributed by atoms with van der Waals surface area (Å²) in [4.78, 5) is 11.3. The van der Waals surface area contributed by atoms with E-state index < -0.39 is 0 Å². The Labute approximate surface area is 82.8 Å². The Bertz CT molecular complexity index is 259. The molecule has 5 nitrogen and oxygen atoms in total. The van der Waals surface area contributed by atoms with Crippen LogP contribution in [0.2, 0.25) is 0 Å². The van der Waals surface area contributed by atoms with Gasteiger partial charge in [-0.25, -0.2) is 0 Å². The van der Waals surface area contributed by atoms with Crippen LogP contribution in [0.3, 0.4) is 0 Å². The number of nitrogens with zero attached hydrogens (tertiary/aromatic N) is 1. The largest absolute Gasteiger partial charge is 0.351 e. The zero-order valence-corrected chi connectivity index (χ0v) is 8.25. The SMILES string of the molecule is CCCNCCNC(=O)c1ccno1. The molecule has 78 valence electrons. The molecule has 0 radical (unpaired) electrons. The van der Waals surface area contributed by atoms with Crippen LogP contribution in [0.5, 0.6) is 0 Å². The number of hydrogen-bond acceptors (Lipinski definition) is 4. The fourth-order valence-corrected chi connectivity index (χ4v) is 0.986. The summed E-state index contributed by atoms with van der Waals surface area (Å²) in [6.07, 6.45) is 2.54. The second-order valence-corrected chi connectivity index (χ2v) is 2.88. The Morgan fingerprint density at radius 1 is 1.50 bits per heavy atom. The van der Waals surface area contributed by atoms with Gasteiger partial charge in [0.15, 0.2) is 0 Å². The predicted molar refractivity (Wildman–Crippen MR) is 52.0 cm³/mol. The second kappa shape index (κ2) is 6.15. The molecule has 0 aliphatic heterocycles. The van der Waals surface area contributed by atoms with Crippen LogP contribution in [-0.2, 0) is 0 Å². The van der Waals surface area contributed by atoms with Gasteiger partial charge in [-0.1, -0.05) is 12.1 Å². The van der Waals surface area contributed by atoms with Crippen LogP contribution >= 0.6 is 0 Å². The highest BCUT2D eigenvalue weighted by molar-refractivity contribution is 5.91. The summed E-state index contributed by atoms with van der Waals surface area (Å²) >= 11 is 0. The summed E-state index contributed by atoms with van der Waals surface area (Å²) in [5.74, 6) is 0.0290. The first-order chi connectivity index (χ1) is 6.84. The lowest BCUT2D eigenvalue weighted by Gasteiger charge is -2.03. The minimum absolute atomic E-state index is 0.221. The van der Waals surface area contributed by atoms with Gasteiger partial charge in [-0.15, -0.1) is 0 Å². The molecule has 0 aromatic carbocycles. The summed E-state index contributed by atoms with van der Waals surface area (Å²) in [7, 11) is 0. The van der Waals surface area contributed by atoms with Crippen molar-refractivity contribution >= 4 is 5.91 Å². The van der Waals surface area contributed by atoms with E-state index in [0.717, 1.165) is 19.5 Å².